The van der Waals surface area contributed by atoms with Crippen LogP contribution >= 0.6 is 11.3 Å². The molecular formula is C13H20N2O2S2. The fourth-order valence-corrected chi connectivity index (χ4v) is 5.36. The Hall–Kier alpha value is -0.430. The minimum Gasteiger partial charge on any atom is -0.309 e. The predicted octanol–water partition coefficient (Wildman–Crippen LogP) is 2.17. The molecule has 1 aromatic rings. The van der Waals surface area contributed by atoms with Gasteiger partial charge in [-0.05, 0) is 37.8 Å². The van der Waals surface area contributed by atoms with E-state index < -0.39 is 10.0 Å². The fourth-order valence-electron chi connectivity index (χ4n) is 2.23. The number of hydrogen-bond donors (Lipinski definition) is 1. The lowest BCUT2D eigenvalue weighted by atomic mass is 10.4. The van der Waals surface area contributed by atoms with Gasteiger partial charge in [-0.25, -0.2) is 8.42 Å². The fraction of sp³-hybridized carbons (Fsp3) is 0.692. The third-order valence-electron chi connectivity index (χ3n) is 3.61. The Kier molecular flexibility index (Phi) is 3.68. The van der Waals surface area contributed by atoms with Crippen LogP contribution in [-0.2, 0) is 16.6 Å². The van der Waals surface area contributed by atoms with Gasteiger partial charge in [0.15, 0.2) is 0 Å². The summed E-state index contributed by atoms with van der Waals surface area (Å²) in [7, 11) is -3.27. The van der Waals surface area contributed by atoms with Crippen LogP contribution < -0.4 is 5.32 Å². The maximum atomic E-state index is 12.5. The van der Waals surface area contributed by atoms with Gasteiger partial charge >= 0.3 is 0 Å². The van der Waals surface area contributed by atoms with Crippen LogP contribution in [0.1, 0.15) is 37.5 Å². The molecule has 0 amide bonds. The average molecular weight is 300 g/mol. The summed E-state index contributed by atoms with van der Waals surface area (Å²) < 4.78 is 27.2. The molecule has 1 N–H and O–H groups in total. The van der Waals surface area contributed by atoms with Gasteiger partial charge in [0.1, 0.15) is 4.21 Å². The number of hydrogen-bond acceptors (Lipinski definition) is 4. The number of sulfonamides is 1. The van der Waals surface area contributed by atoms with Gasteiger partial charge in [-0.3, -0.25) is 0 Å². The molecule has 2 saturated carbocycles. The molecule has 1 aromatic heterocycles. The summed E-state index contributed by atoms with van der Waals surface area (Å²) in [6.07, 6.45) is 4.52. The average Bonchev–Trinajstić information content (AvgIpc) is 3.29. The Labute approximate surface area is 118 Å². The molecule has 6 heteroatoms. The number of rotatable bonds is 7. The van der Waals surface area contributed by atoms with Crippen LogP contribution in [-0.4, -0.2) is 31.4 Å². The molecule has 4 nitrogen and oxygen atoms in total. The molecular weight excluding hydrogens is 280 g/mol. The van der Waals surface area contributed by atoms with E-state index in [2.05, 4.69) is 5.32 Å². The van der Waals surface area contributed by atoms with Gasteiger partial charge in [-0.2, -0.15) is 4.31 Å². The van der Waals surface area contributed by atoms with E-state index >= 15 is 0 Å². The van der Waals surface area contributed by atoms with E-state index in [1.54, 1.807) is 10.4 Å². The topological polar surface area (TPSA) is 49.4 Å². The highest BCUT2D eigenvalue weighted by Crippen LogP contribution is 2.34. The third-order valence-corrected chi connectivity index (χ3v) is 7.19. The van der Waals surface area contributed by atoms with E-state index in [1.807, 2.05) is 13.0 Å². The van der Waals surface area contributed by atoms with Gasteiger partial charge in [-0.15, -0.1) is 11.3 Å². The van der Waals surface area contributed by atoms with Crippen molar-refractivity contribution >= 4 is 21.4 Å². The Morgan fingerprint density at radius 3 is 2.63 bits per heavy atom. The first kappa shape index (κ1) is 13.5. The van der Waals surface area contributed by atoms with Crippen LogP contribution in [0.4, 0.5) is 0 Å². The first-order chi connectivity index (χ1) is 9.11. The molecule has 0 radical (unpaired) electrons. The first-order valence-electron chi connectivity index (χ1n) is 6.95. The van der Waals surface area contributed by atoms with Crippen molar-refractivity contribution in [2.24, 2.45) is 0 Å². The Bertz CT molecular complexity index is 545. The van der Waals surface area contributed by atoms with Crippen molar-refractivity contribution in [3.8, 4) is 0 Å². The highest BCUT2D eigenvalue weighted by molar-refractivity contribution is 7.91. The van der Waals surface area contributed by atoms with E-state index in [0.29, 0.717) is 16.8 Å². The van der Waals surface area contributed by atoms with Crippen LogP contribution in [0.3, 0.4) is 0 Å². The second-order valence-electron chi connectivity index (χ2n) is 5.32. The van der Waals surface area contributed by atoms with Gasteiger partial charge in [0, 0.05) is 30.1 Å². The zero-order valence-corrected chi connectivity index (χ0v) is 12.8. The summed E-state index contributed by atoms with van der Waals surface area (Å²) in [5.41, 5.74) is 0. The van der Waals surface area contributed by atoms with Gasteiger partial charge in [-0.1, -0.05) is 6.92 Å². The SMILES string of the molecule is CCN(C1CC1)S(=O)(=O)c1ccc(CNC2CC2)s1. The van der Waals surface area contributed by atoms with Gasteiger partial charge in [0.25, 0.3) is 10.0 Å². The van der Waals surface area contributed by atoms with Gasteiger partial charge < -0.3 is 5.32 Å². The molecule has 3 rings (SSSR count). The highest BCUT2D eigenvalue weighted by Gasteiger charge is 2.37. The van der Waals surface area contributed by atoms with E-state index in [1.165, 1.54) is 24.2 Å². The van der Waals surface area contributed by atoms with Crippen molar-refractivity contribution in [1.82, 2.24) is 9.62 Å². The van der Waals surface area contributed by atoms with E-state index in [9.17, 15) is 8.42 Å². The summed E-state index contributed by atoms with van der Waals surface area (Å²) in [5.74, 6) is 0. The first-order valence-corrected chi connectivity index (χ1v) is 9.21. The molecule has 0 unspecified atom stereocenters. The van der Waals surface area contributed by atoms with Crippen molar-refractivity contribution < 1.29 is 8.42 Å². The molecule has 106 valence electrons. The predicted molar refractivity (Wildman–Crippen MR) is 76.8 cm³/mol. The summed E-state index contributed by atoms with van der Waals surface area (Å²) in [5, 5.41) is 3.42. The molecule has 0 spiro atoms. The normalized spacial score (nSPS) is 20.1. The Morgan fingerprint density at radius 1 is 1.32 bits per heavy atom. The lowest BCUT2D eigenvalue weighted by Crippen LogP contribution is -2.32. The number of thiophene rings is 1. The second kappa shape index (κ2) is 5.16. The molecule has 0 saturated heterocycles. The Balaban J connectivity index is 1.72. The number of nitrogens with zero attached hydrogens (tertiary/aromatic N) is 1. The molecule has 19 heavy (non-hydrogen) atoms. The van der Waals surface area contributed by atoms with Crippen LogP contribution in [0.5, 0.6) is 0 Å². The monoisotopic (exact) mass is 300 g/mol. The zero-order chi connectivity index (χ0) is 13.5. The van der Waals surface area contributed by atoms with Gasteiger partial charge in [0.05, 0.1) is 0 Å². The summed E-state index contributed by atoms with van der Waals surface area (Å²) in [6.45, 7) is 3.28. The van der Waals surface area contributed by atoms with Crippen LogP contribution in [0, 0.1) is 0 Å². The molecule has 2 fully saturated rings. The molecule has 0 aliphatic heterocycles. The maximum Gasteiger partial charge on any atom is 0.252 e. The minimum atomic E-state index is -3.27. The molecule has 1 heterocycles. The van der Waals surface area contributed by atoms with Crippen LogP contribution in [0.15, 0.2) is 16.3 Å². The standard InChI is InChI=1S/C13H20N2O2S2/c1-2-15(11-5-6-11)19(16,17)13-8-7-12(18-13)9-14-10-3-4-10/h7-8,10-11,14H,2-6,9H2,1H3. The van der Waals surface area contributed by atoms with Crippen molar-refractivity contribution in [2.45, 2.75) is 55.4 Å². The van der Waals surface area contributed by atoms with Crippen LogP contribution in [0.25, 0.3) is 0 Å². The lowest BCUT2D eigenvalue weighted by Gasteiger charge is -2.18. The van der Waals surface area contributed by atoms with Crippen molar-refractivity contribution in [2.75, 3.05) is 6.54 Å². The molecule has 0 atom stereocenters. The minimum absolute atomic E-state index is 0.241. The van der Waals surface area contributed by atoms with E-state index in [-0.39, 0.29) is 6.04 Å². The second-order valence-corrected chi connectivity index (χ2v) is 8.60. The lowest BCUT2D eigenvalue weighted by molar-refractivity contribution is 0.422. The van der Waals surface area contributed by atoms with Crippen molar-refractivity contribution in [3.05, 3.63) is 17.0 Å². The van der Waals surface area contributed by atoms with E-state index in [4.69, 9.17) is 0 Å². The molecule has 0 aromatic carbocycles. The van der Waals surface area contributed by atoms with Gasteiger partial charge in [0.2, 0.25) is 0 Å². The van der Waals surface area contributed by atoms with Crippen LogP contribution in [0.2, 0.25) is 0 Å². The zero-order valence-electron chi connectivity index (χ0n) is 11.1. The third kappa shape index (κ3) is 3.02. The van der Waals surface area contributed by atoms with E-state index in [0.717, 1.165) is 24.3 Å². The van der Waals surface area contributed by atoms with Crippen molar-refractivity contribution in [3.63, 3.8) is 0 Å². The number of nitrogens with one attached hydrogen (secondary N) is 1. The summed E-state index contributed by atoms with van der Waals surface area (Å²) in [6, 6.07) is 4.59. The smallest absolute Gasteiger partial charge is 0.252 e. The van der Waals surface area contributed by atoms with Crippen molar-refractivity contribution in [1.29, 1.82) is 0 Å². The molecule has 2 aliphatic carbocycles. The summed E-state index contributed by atoms with van der Waals surface area (Å²) in [4.78, 5) is 1.11. The Morgan fingerprint density at radius 2 is 2.05 bits per heavy atom. The largest absolute Gasteiger partial charge is 0.309 e. The summed E-state index contributed by atoms with van der Waals surface area (Å²) >= 11 is 1.41. The molecule has 0 bridgehead atoms. The maximum absolute atomic E-state index is 12.5. The highest BCUT2D eigenvalue weighted by atomic mass is 32.2. The quantitative estimate of drug-likeness (QED) is 0.839. The molecule has 2 aliphatic rings.